The first kappa shape index (κ1) is 25.8. The van der Waals surface area contributed by atoms with E-state index < -0.39 is 15.4 Å². The molecule has 0 saturated carbocycles. The van der Waals surface area contributed by atoms with Gasteiger partial charge in [-0.2, -0.15) is 10.5 Å². The zero-order valence-corrected chi connectivity index (χ0v) is 22.0. The van der Waals surface area contributed by atoms with Gasteiger partial charge in [0.15, 0.2) is 0 Å². The second kappa shape index (κ2) is 9.99. The molecule has 1 saturated heterocycles. The summed E-state index contributed by atoms with van der Waals surface area (Å²) >= 11 is 12.0. The Balaban J connectivity index is 1.65. The summed E-state index contributed by atoms with van der Waals surface area (Å²) in [5.41, 5.74) is 1.80. The Morgan fingerprint density at radius 3 is 2.31 bits per heavy atom. The molecule has 3 aromatic rings. The van der Waals surface area contributed by atoms with Gasteiger partial charge in [0.1, 0.15) is 16.8 Å². The summed E-state index contributed by atoms with van der Waals surface area (Å²) < 4.78 is 28.7. The molecule has 1 aromatic heterocycles. The number of rotatable bonds is 5. The van der Waals surface area contributed by atoms with Gasteiger partial charge in [-0.3, -0.25) is 4.72 Å². The van der Waals surface area contributed by atoms with Crippen molar-refractivity contribution < 1.29 is 8.42 Å². The van der Waals surface area contributed by atoms with Gasteiger partial charge in [0.25, 0.3) is 10.0 Å². The van der Waals surface area contributed by atoms with Crippen LogP contribution < -0.4 is 9.62 Å². The average molecular weight is 540 g/mol. The molecule has 0 aliphatic carbocycles. The maximum atomic E-state index is 13.1. The number of sulfonamides is 1. The van der Waals surface area contributed by atoms with Gasteiger partial charge in [0, 0.05) is 18.1 Å². The van der Waals surface area contributed by atoms with E-state index in [1.165, 1.54) is 18.2 Å². The van der Waals surface area contributed by atoms with Crippen LogP contribution >= 0.6 is 23.2 Å². The molecule has 0 unspecified atom stereocenters. The van der Waals surface area contributed by atoms with E-state index in [-0.39, 0.29) is 21.2 Å². The molecule has 1 fully saturated rings. The molecule has 1 N–H and O–H groups in total. The average Bonchev–Trinajstić information content (AvgIpc) is 2.86. The number of nitriles is 2. The highest BCUT2D eigenvalue weighted by Gasteiger charge is 2.37. The van der Waals surface area contributed by atoms with E-state index >= 15 is 0 Å². The van der Waals surface area contributed by atoms with Crippen molar-refractivity contribution in [2.24, 2.45) is 0 Å². The van der Waals surface area contributed by atoms with Gasteiger partial charge in [-0.1, -0.05) is 53.5 Å². The van der Waals surface area contributed by atoms with E-state index in [4.69, 9.17) is 23.2 Å². The fourth-order valence-corrected chi connectivity index (χ4v) is 6.51. The molecule has 4 rings (SSSR count). The maximum Gasteiger partial charge on any atom is 0.263 e. The number of aromatic nitrogens is 1. The summed E-state index contributed by atoms with van der Waals surface area (Å²) in [7, 11) is -4.06. The van der Waals surface area contributed by atoms with E-state index in [2.05, 4.69) is 21.8 Å². The molecule has 10 heteroatoms. The smallest absolute Gasteiger partial charge is 0.263 e. The second-order valence-corrected chi connectivity index (χ2v) is 11.2. The minimum absolute atomic E-state index is 0.0110. The minimum atomic E-state index is -4.06. The van der Waals surface area contributed by atoms with Crippen molar-refractivity contribution in [1.82, 2.24) is 4.98 Å². The van der Waals surface area contributed by atoms with Crippen LogP contribution in [-0.4, -0.2) is 26.5 Å². The van der Waals surface area contributed by atoms with Gasteiger partial charge in [0.2, 0.25) is 0 Å². The van der Waals surface area contributed by atoms with Crippen molar-refractivity contribution in [1.29, 1.82) is 10.5 Å². The molecule has 2 aromatic carbocycles. The highest BCUT2D eigenvalue weighted by atomic mass is 35.5. The van der Waals surface area contributed by atoms with E-state index in [0.29, 0.717) is 48.0 Å². The van der Waals surface area contributed by atoms with Crippen molar-refractivity contribution >= 4 is 44.7 Å². The topological polar surface area (TPSA) is 110 Å². The van der Waals surface area contributed by atoms with Gasteiger partial charge >= 0.3 is 0 Å². The van der Waals surface area contributed by atoms with Crippen molar-refractivity contribution in [3.8, 4) is 12.1 Å². The predicted octanol–water partition coefficient (Wildman–Crippen LogP) is 5.74. The third kappa shape index (κ3) is 4.73. The lowest BCUT2D eigenvalue weighted by atomic mass is 9.74. The molecular weight excluding hydrogens is 517 g/mol. The summed E-state index contributed by atoms with van der Waals surface area (Å²) in [6, 6.07) is 18.6. The van der Waals surface area contributed by atoms with Gasteiger partial charge in [-0.15, -0.1) is 0 Å². The number of pyridine rings is 1. The number of halogens is 2. The van der Waals surface area contributed by atoms with Crippen LogP contribution in [0.4, 0.5) is 11.5 Å². The van der Waals surface area contributed by atoms with E-state index in [9.17, 15) is 18.9 Å². The molecule has 0 spiro atoms. The molecule has 36 heavy (non-hydrogen) atoms. The zero-order chi connectivity index (χ0) is 26.1. The molecule has 7 nitrogen and oxygen atoms in total. The predicted molar refractivity (Wildman–Crippen MR) is 141 cm³/mol. The number of nitrogens with zero attached hydrogens (tertiary/aromatic N) is 4. The first-order chi connectivity index (χ1) is 17.1. The third-order valence-corrected chi connectivity index (χ3v) is 8.67. The summed E-state index contributed by atoms with van der Waals surface area (Å²) in [5, 5.41) is 20.3. The SMILES string of the molecule is Cc1nc(N2CCC(C#N)(c3ccccc3)CC2)c(C#N)c(C)c1NS(=O)(=O)c1ccc(Cl)cc1Cl. The van der Waals surface area contributed by atoms with Crippen molar-refractivity contribution in [2.75, 3.05) is 22.7 Å². The normalized spacial score (nSPS) is 15.1. The molecule has 0 atom stereocenters. The molecule has 184 valence electrons. The van der Waals surface area contributed by atoms with Gasteiger partial charge in [-0.05, 0) is 56.0 Å². The number of nitrogens with one attached hydrogen (secondary N) is 1. The first-order valence-corrected chi connectivity index (χ1v) is 13.5. The lowest BCUT2D eigenvalue weighted by Crippen LogP contribution is -2.42. The highest BCUT2D eigenvalue weighted by molar-refractivity contribution is 7.92. The van der Waals surface area contributed by atoms with Gasteiger partial charge in [0.05, 0.1) is 33.5 Å². The van der Waals surface area contributed by atoms with Gasteiger partial charge < -0.3 is 4.90 Å². The Morgan fingerprint density at radius 1 is 1.06 bits per heavy atom. The monoisotopic (exact) mass is 539 g/mol. The van der Waals surface area contributed by atoms with E-state index in [0.717, 1.165) is 5.56 Å². The van der Waals surface area contributed by atoms with Crippen LogP contribution in [0.2, 0.25) is 10.0 Å². The number of benzene rings is 2. The Labute approximate surface area is 221 Å². The van der Waals surface area contributed by atoms with Crippen LogP contribution in [-0.2, 0) is 15.4 Å². The largest absolute Gasteiger partial charge is 0.355 e. The molecule has 2 heterocycles. The van der Waals surface area contributed by atoms with E-state index in [1.54, 1.807) is 13.8 Å². The molecular formula is C26H23Cl2N5O2S. The quantitative estimate of drug-likeness (QED) is 0.442. The van der Waals surface area contributed by atoms with E-state index in [1.807, 2.05) is 35.2 Å². The molecule has 1 aliphatic rings. The van der Waals surface area contributed by atoms with Crippen LogP contribution in [0, 0.1) is 36.5 Å². The van der Waals surface area contributed by atoms with Crippen molar-refractivity contribution in [3.05, 3.63) is 81.0 Å². The molecule has 0 amide bonds. The number of hydrogen-bond donors (Lipinski definition) is 1. The van der Waals surface area contributed by atoms with Crippen LogP contribution in [0.25, 0.3) is 0 Å². The Kier molecular flexibility index (Phi) is 7.15. The Bertz CT molecular complexity index is 1500. The summed E-state index contributed by atoms with van der Waals surface area (Å²) in [6.07, 6.45) is 1.17. The molecule has 1 aliphatic heterocycles. The first-order valence-electron chi connectivity index (χ1n) is 11.2. The Morgan fingerprint density at radius 2 is 1.72 bits per heavy atom. The second-order valence-electron chi connectivity index (χ2n) is 8.73. The maximum absolute atomic E-state index is 13.1. The molecule has 0 bridgehead atoms. The highest BCUT2D eigenvalue weighted by Crippen LogP contribution is 2.38. The minimum Gasteiger partial charge on any atom is -0.355 e. The lowest BCUT2D eigenvalue weighted by molar-refractivity contribution is 0.414. The number of aryl methyl sites for hydroxylation is 1. The summed E-state index contributed by atoms with van der Waals surface area (Å²) in [5.74, 6) is 0.486. The third-order valence-electron chi connectivity index (χ3n) is 6.60. The number of anilines is 2. The standard InChI is InChI=1S/C26H23Cl2N5O2S/c1-17-21(15-29)25(33-12-10-26(16-30,11-13-33)19-6-4-3-5-7-19)31-18(2)24(17)32-36(34,35)23-9-8-20(27)14-22(23)28/h3-9,14,32H,10-13H2,1-2H3. The number of hydrogen-bond acceptors (Lipinski definition) is 6. The zero-order valence-electron chi connectivity index (χ0n) is 19.7. The Hall–Kier alpha value is -3.30. The van der Waals surface area contributed by atoms with Crippen molar-refractivity contribution in [3.63, 3.8) is 0 Å². The van der Waals surface area contributed by atoms with Gasteiger partial charge in [-0.25, -0.2) is 13.4 Å². The fraction of sp³-hybridized carbons (Fsp3) is 0.269. The van der Waals surface area contributed by atoms with Crippen LogP contribution in [0.5, 0.6) is 0 Å². The lowest BCUT2D eigenvalue weighted by Gasteiger charge is -2.38. The number of piperidine rings is 1. The van der Waals surface area contributed by atoms with Crippen LogP contribution in [0.15, 0.2) is 53.4 Å². The van der Waals surface area contributed by atoms with Crippen LogP contribution in [0.1, 0.15) is 35.2 Å². The molecule has 0 radical (unpaired) electrons. The van der Waals surface area contributed by atoms with Crippen molar-refractivity contribution in [2.45, 2.75) is 37.0 Å². The summed E-state index contributed by atoms with van der Waals surface area (Å²) in [4.78, 5) is 6.49. The van der Waals surface area contributed by atoms with Crippen LogP contribution in [0.3, 0.4) is 0 Å². The fourth-order valence-electron chi connectivity index (χ4n) is 4.55. The summed E-state index contributed by atoms with van der Waals surface area (Å²) in [6.45, 7) is 4.45.